The van der Waals surface area contributed by atoms with Crippen LogP contribution in [0.4, 0.5) is 0 Å². The van der Waals surface area contributed by atoms with E-state index in [1.54, 1.807) is 0 Å². The molecule has 1 aromatic rings. The molecule has 4 heteroatoms. The minimum atomic E-state index is 0.0699. The third-order valence-corrected chi connectivity index (χ3v) is 3.66. The topological polar surface area (TPSA) is 50.4 Å². The normalized spacial score (nSPS) is 16.5. The van der Waals surface area contributed by atoms with Crippen molar-refractivity contribution in [2.24, 2.45) is 11.8 Å². The average molecular weight is 262 g/mol. The molecule has 0 aliphatic carbocycles. The summed E-state index contributed by atoms with van der Waals surface area (Å²) in [6, 6.07) is 7.83. The summed E-state index contributed by atoms with van der Waals surface area (Å²) in [6.07, 6.45) is 0. The number of hydrogen-bond donors (Lipinski definition) is 2. The fraction of sp³-hybridized carbons (Fsp3) is 0.533. The highest BCUT2D eigenvalue weighted by atomic mass is 16.5. The number of carbonyl (C=O) groups is 1. The first-order chi connectivity index (χ1) is 9.22. The molecule has 1 atom stereocenters. The Hall–Kier alpha value is -1.55. The Labute approximate surface area is 114 Å². The van der Waals surface area contributed by atoms with Crippen LogP contribution in [0.3, 0.4) is 0 Å². The van der Waals surface area contributed by atoms with Crippen molar-refractivity contribution in [1.82, 2.24) is 10.6 Å². The summed E-state index contributed by atoms with van der Waals surface area (Å²) in [4.78, 5) is 12.0. The Morgan fingerprint density at radius 1 is 1.47 bits per heavy atom. The average Bonchev–Trinajstić information content (AvgIpc) is 2.35. The maximum absolute atomic E-state index is 12.0. The highest BCUT2D eigenvalue weighted by Gasteiger charge is 2.28. The molecule has 19 heavy (non-hydrogen) atoms. The molecule has 1 aromatic carbocycles. The summed E-state index contributed by atoms with van der Waals surface area (Å²) in [6.45, 7) is 7.01. The summed E-state index contributed by atoms with van der Waals surface area (Å²) in [5, 5.41) is 6.20. The molecule has 1 aliphatic heterocycles. The van der Waals surface area contributed by atoms with E-state index in [1.807, 2.05) is 38.1 Å². The minimum Gasteiger partial charge on any atom is -0.494 e. The number of amides is 1. The molecule has 0 spiro atoms. The lowest BCUT2D eigenvalue weighted by Crippen LogP contribution is -2.49. The van der Waals surface area contributed by atoms with Crippen molar-refractivity contribution >= 4 is 5.91 Å². The SMILES string of the molecule is CCOc1ccccc1CNC(=O)C(C)C1CNC1. The van der Waals surface area contributed by atoms with Crippen LogP contribution < -0.4 is 15.4 Å². The first kappa shape index (κ1) is 13.9. The first-order valence-corrected chi connectivity index (χ1v) is 6.91. The monoisotopic (exact) mass is 262 g/mol. The Balaban J connectivity index is 1.89. The molecule has 1 aliphatic rings. The summed E-state index contributed by atoms with van der Waals surface area (Å²) in [5.41, 5.74) is 1.02. The lowest BCUT2D eigenvalue weighted by Gasteiger charge is -2.31. The zero-order valence-electron chi connectivity index (χ0n) is 11.6. The van der Waals surface area contributed by atoms with Gasteiger partial charge in [0.25, 0.3) is 0 Å². The van der Waals surface area contributed by atoms with Gasteiger partial charge in [0.15, 0.2) is 0 Å². The van der Waals surface area contributed by atoms with E-state index in [1.165, 1.54) is 0 Å². The second-order valence-electron chi connectivity index (χ2n) is 4.97. The molecule has 1 saturated heterocycles. The second-order valence-corrected chi connectivity index (χ2v) is 4.97. The molecule has 0 radical (unpaired) electrons. The summed E-state index contributed by atoms with van der Waals surface area (Å²) in [5.74, 6) is 1.52. The van der Waals surface area contributed by atoms with Gasteiger partial charge in [0.05, 0.1) is 6.61 Å². The Kier molecular flexibility index (Phi) is 4.80. The fourth-order valence-electron chi connectivity index (χ4n) is 2.17. The van der Waals surface area contributed by atoms with Gasteiger partial charge in [-0.25, -0.2) is 0 Å². The summed E-state index contributed by atoms with van der Waals surface area (Å²) < 4.78 is 5.55. The number of nitrogens with one attached hydrogen (secondary N) is 2. The van der Waals surface area contributed by atoms with Crippen molar-refractivity contribution in [3.63, 3.8) is 0 Å². The van der Waals surface area contributed by atoms with E-state index in [9.17, 15) is 4.79 Å². The van der Waals surface area contributed by atoms with Crippen LogP contribution in [0, 0.1) is 11.8 Å². The highest BCUT2D eigenvalue weighted by molar-refractivity contribution is 5.78. The molecule has 104 valence electrons. The maximum atomic E-state index is 12.0. The van der Waals surface area contributed by atoms with E-state index < -0.39 is 0 Å². The standard InChI is InChI=1S/C15H22N2O2/c1-3-19-14-7-5-4-6-12(14)10-17-15(18)11(2)13-8-16-9-13/h4-7,11,13,16H,3,8-10H2,1-2H3,(H,17,18). The van der Waals surface area contributed by atoms with Gasteiger partial charge >= 0.3 is 0 Å². The van der Waals surface area contributed by atoms with Crippen LogP contribution in [-0.2, 0) is 11.3 Å². The van der Waals surface area contributed by atoms with E-state index >= 15 is 0 Å². The number of ether oxygens (including phenoxy) is 1. The van der Waals surface area contributed by atoms with Gasteiger partial charge in [-0.3, -0.25) is 4.79 Å². The number of rotatable bonds is 6. The van der Waals surface area contributed by atoms with Gasteiger partial charge in [0.2, 0.25) is 5.91 Å². The van der Waals surface area contributed by atoms with E-state index in [0.717, 1.165) is 24.4 Å². The third kappa shape index (κ3) is 3.47. The molecule has 1 amide bonds. The van der Waals surface area contributed by atoms with Crippen molar-refractivity contribution in [2.45, 2.75) is 20.4 Å². The maximum Gasteiger partial charge on any atom is 0.223 e. The smallest absolute Gasteiger partial charge is 0.223 e. The molecule has 0 bridgehead atoms. The molecule has 0 aromatic heterocycles. The van der Waals surface area contributed by atoms with Crippen molar-refractivity contribution in [3.8, 4) is 5.75 Å². The van der Waals surface area contributed by atoms with Gasteiger partial charge in [-0.2, -0.15) is 0 Å². The first-order valence-electron chi connectivity index (χ1n) is 6.91. The third-order valence-electron chi connectivity index (χ3n) is 3.66. The van der Waals surface area contributed by atoms with Gasteiger partial charge in [-0.1, -0.05) is 25.1 Å². The van der Waals surface area contributed by atoms with Crippen molar-refractivity contribution < 1.29 is 9.53 Å². The molecule has 4 nitrogen and oxygen atoms in total. The van der Waals surface area contributed by atoms with Crippen LogP contribution >= 0.6 is 0 Å². The van der Waals surface area contributed by atoms with Crippen LogP contribution in [-0.4, -0.2) is 25.6 Å². The fourth-order valence-corrected chi connectivity index (χ4v) is 2.17. The zero-order chi connectivity index (χ0) is 13.7. The molecule has 2 N–H and O–H groups in total. The summed E-state index contributed by atoms with van der Waals surface area (Å²) in [7, 11) is 0. The number of carbonyl (C=O) groups excluding carboxylic acids is 1. The molecule has 0 saturated carbocycles. The van der Waals surface area contributed by atoms with E-state index in [2.05, 4.69) is 10.6 Å². The molecule has 2 rings (SSSR count). The largest absolute Gasteiger partial charge is 0.494 e. The molecule has 1 unspecified atom stereocenters. The molecule has 1 fully saturated rings. The van der Waals surface area contributed by atoms with E-state index in [0.29, 0.717) is 19.1 Å². The van der Waals surface area contributed by atoms with Crippen LogP contribution in [0.15, 0.2) is 24.3 Å². The molecular formula is C15H22N2O2. The predicted octanol–water partition coefficient (Wildman–Crippen LogP) is 1.56. The molecule has 1 heterocycles. The predicted molar refractivity (Wildman–Crippen MR) is 75.0 cm³/mol. The van der Waals surface area contributed by atoms with E-state index in [-0.39, 0.29) is 11.8 Å². The number of benzene rings is 1. The van der Waals surface area contributed by atoms with Gasteiger partial charge in [0.1, 0.15) is 5.75 Å². The van der Waals surface area contributed by atoms with Gasteiger partial charge in [-0.15, -0.1) is 0 Å². The van der Waals surface area contributed by atoms with Crippen LogP contribution in [0.2, 0.25) is 0 Å². The van der Waals surface area contributed by atoms with Crippen molar-refractivity contribution in [3.05, 3.63) is 29.8 Å². The summed E-state index contributed by atoms with van der Waals surface area (Å²) >= 11 is 0. The Morgan fingerprint density at radius 3 is 2.84 bits per heavy atom. The van der Waals surface area contributed by atoms with Gasteiger partial charge in [0, 0.05) is 18.0 Å². The number of para-hydroxylation sites is 1. The second kappa shape index (κ2) is 6.57. The van der Waals surface area contributed by atoms with Crippen molar-refractivity contribution in [1.29, 1.82) is 0 Å². The van der Waals surface area contributed by atoms with Crippen LogP contribution in [0.5, 0.6) is 5.75 Å². The lowest BCUT2D eigenvalue weighted by atomic mass is 9.88. The lowest BCUT2D eigenvalue weighted by molar-refractivity contribution is -0.126. The number of hydrogen-bond acceptors (Lipinski definition) is 3. The quantitative estimate of drug-likeness (QED) is 0.818. The minimum absolute atomic E-state index is 0.0699. The van der Waals surface area contributed by atoms with Gasteiger partial charge < -0.3 is 15.4 Å². The zero-order valence-corrected chi connectivity index (χ0v) is 11.6. The Bertz CT molecular complexity index is 430. The van der Waals surface area contributed by atoms with E-state index in [4.69, 9.17) is 4.74 Å². The van der Waals surface area contributed by atoms with Gasteiger partial charge in [-0.05, 0) is 32.0 Å². The molecular weight excluding hydrogens is 240 g/mol. The Morgan fingerprint density at radius 2 is 2.21 bits per heavy atom. The van der Waals surface area contributed by atoms with Crippen LogP contribution in [0.25, 0.3) is 0 Å². The van der Waals surface area contributed by atoms with Crippen molar-refractivity contribution in [2.75, 3.05) is 19.7 Å². The van der Waals surface area contributed by atoms with Crippen LogP contribution in [0.1, 0.15) is 19.4 Å². The highest BCUT2D eigenvalue weighted by Crippen LogP contribution is 2.19.